The number of aliphatic hydroxyl groups excluding tert-OH is 1. The van der Waals surface area contributed by atoms with E-state index >= 15 is 0 Å². The molecule has 2 aromatic carbocycles. The summed E-state index contributed by atoms with van der Waals surface area (Å²) in [5.41, 5.74) is 1.41. The molecular formula is C17H17ClO2. The molecule has 0 spiro atoms. The zero-order chi connectivity index (χ0) is 14.5. The Morgan fingerprint density at radius 1 is 1.00 bits per heavy atom. The number of hydrogen-bond donors (Lipinski definition) is 1. The molecule has 0 amide bonds. The van der Waals surface area contributed by atoms with Gasteiger partial charge in [0.15, 0.2) is 5.78 Å². The van der Waals surface area contributed by atoms with Gasteiger partial charge in [0.05, 0.1) is 11.5 Å². The van der Waals surface area contributed by atoms with Crippen LogP contribution in [0.2, 0.25) is 0 Å². The van der Waals surface area contributed by atoms with Gasteiger partial charge in [-0.1, -0.05) is 67.6 Å². The lowest BCUT2D eigenvalue weighted by Gasteiger charge is -2.22. The molecule has 2 nitrogen and oxygen atoms in total. The number of rotatable bonds is 5. The fraction of sp³-hybridized carbons (Fsp3) is 0.235. The van der Waals surface area contributed by atoms with Crippen LogP contribution >= 0.6 is 11.6 Å². The highest BCUT2D eigenvalue weighted by Crippen LogP contribution is 2.29. The third-order valence-corrected chi connectivity index (χ3v) is 3.91. The van der Waals surface area contributed by atoms with Gasteiger partial charge >= 0.3 is 0 Å². The van der Waals surface area contributed by atoms with Gasteiger partial charge in [0.25, 0.3) is 0 Å². The predicted molar refractivity (Wildman–Crippen MR) is 81.0 cm³/mol. The molecule has 2 aromatic rings. The van der Waals surface area contributed by atoms with Crippen LogP contribution in [0.25, 0.3) is 0 Å². The maximum absolute atomic E-state index is 12.3. The van der Waals surface area contributed by atoms with Gasteiger partial charge in [0.2, 0.25) is 0 Å². The number of hydrogen-bond acceptors (Lipinski definition) is 2. The first-order valence-electron chi connectivity index (χ1n) is 6.57. The fourth-order valence-electron chi connectivity index (χ4n) is 2.11. The van der Waals surface area contributed by atoms with Crippen LogP contribution in [0.15, 0.2) is 60.7 Å². The van der Waals surface area contributed by atoms with Crippen molar-refractivity contribution in [1.29, 1.82) is 0 Å². The summed E-state index contributed by atoms with van der Waals surface area (Å²) in [6.07, 6.45) is -0.924. The number of carbonyl (C=O) groups excluding carboxylic acids is 1. The van der Waals surface area contributed by atoms with Crippen LogP contribution in [-0.4, -0.2) is 17.0 Å². The van der Waals surface area contributed by atoms with Gasteiger partial charge in [-0.15, -0.1) is 11.6 Å². The Balaban J connectivity index is 2.13. The van der Waals surface area contributed by atoms with Crippen LogP contribution in [0.5, 0.6) is 0 Å². The molecule has 0 saturated carbocycles. The Labute approximate surface area is 124 Å². The van der Waals surface area contributed by atoms with Crippen molar-refractivity contribution in [3.8, 4) is 0 Å². The molecule has 0 aliphatic rings. The summed E-state index contributed by atoms with van der Waals surface area (Å²) >= 11 is 6.28. The number of alkyl halides is 1. The summed E-state index contributed by atoms with van der Waals surface area (Å²) < 4.78 is 0. The lowest BCUT2D eigenvalue weighted by molar-refractivity contribution is 0.0702. The minimum Gasteiger partial charge on any atom is -0.390 e. The second-order valence-corrected chi connectivity index (χ2v) is 5.29. The highest BCUT2D eigenvalue weighted by Gasteiger charge is 2.29. The number of Topliss-reactive ketones (excluding diaryl/α,β-unsaturated/α-hetero) is 1. The maximum atomic E-state index is 12.3. The van der Waals surface area contributed by atoms with Crippen molar-refractivity contribution in [3.63, 3.8) is 0 Å². The molecular weight excluding hydrogens is 272 g/mol. The lowest BCUT2D eigenvalue weighted by atomic mass is 9.90. The van der Waals surface area contributed by atoms with Crippen LogP contribution in [0.3, 0.4) is 0 Å². The minimum absolute atomic E-state index is 0.0975. The monoisotopic (exact) mass is 288 g/mol. The summed E-state index contributed by atoms with van der Waals surface area (Å²) in [5.74, 6) is -0.653. The average molecular weight is 289 g/mol. The highest BCUT2D eigenvalue weighted by molar-refractivity contribution is 6.21. The van der Waals surface area contributed by atoms with E-state index in [4.69, 9.17) is 11.6 Å². The quantitative estimate of drug-likeness (QED) is 0.670. The largest absolute Gasteiger partial charge is 0.390 e. The van der Waals surface area contributed by atoms with Gasteiger partial charge in [0, 0.05) is 11.5 Å². The van der Waals surface area contributed by atoms with Crippen molar-refractivity contribution in [1.82, 2.24) is 0 Å². The van der Waals surface area contributed by atoms with E-state index in [1.807, 2.05) is 48.5 Å². The molecule has 2 rings (SSSR count). The molecule has 0 bridgehead atoms. The number of benzene rings is 2. The molecule has 3 heteroatoms. The Hall–Kier alpha value is -1.64. The molecule has 0 heterocycles. The third-order valence-electron chi connectivity index (χ3n) is 3.40. The lowest BCUT2D eigenvalue weighted by Crippen LogP contribution is -2.29. The Morgan fingerprint density at radius 3 is 2.05 bits per heavy atom. The van der Waals surface area contributed by atoms with Crippen molar-refractivity contribution in [3.05, 3.63) is 71.8 Å². The molecule has 0 radical (unpaired) electrons. The van der Waals surface area contributed by atoms with Crippen LogP contribution in [-0.2, 0) is 0 Å². The van der Waals surface area contributed by atoms with Crippen LogP contribution in [0, 0.1) is 5.92 Å². The standard InChI is InChI=1S/C17H17ClO2/c1-12(16(19)14-10-6-3-7-11-14)17(20)15(18)13-8-4-2-5-9-13/h2-12,15,17,20H,1H3. The SMILES string of the molecule is CC(C(=O)c1ccccc1)C(O)C(Cl)c1ccccc1. The molecule has 0 aliphatic carbocycles. The molecule has 0 aliphatic heterocycles. The first-order valence-corrected chi connectivity index (χ1v) is 7.01. The van der Waals surface area contributed by atoms with E-state index in [9.17, 15) is 9.90 Å². The average Bonchev–Trinajstić information content (AvgIpc) is 2.53. The van der Waals surface area contributed by atoms with Gasteiger partial charge < -0.3 is 5.11 Å². The van der Waals surface area contributed by atoms with Crippen LogP contribution in [0.1, 0.15) is 28.2 Å². The van der Waals surface area contributed by atoms with Crippen LogP contribution in [0.4, 0.5) is 0 Å². The number of carbonyl (C=O) groups is 1. The normalized spacial score (nSPS) is 15.3. The first-order chi connectivity index (χ1) is 9.61. The Morgan fingerprint density at radius 2 is 1.50 bits per heavy atom. The molecule has 3 atom stereocenters. The Kier molecular flexibility index (Phi) is 4.94. The summed E-state index contributed by atoms with van der Waals surface area (Å²) in [4.78, 5) is 12.3. The second-order valence-electron chi connectivity index (χ2n) is 4.82. The molecule has 1 N–H and O–H groups in total. The third kappa shape index (κ3) is 3.27. The van der Waals surface area contributed by atoms with Gasteiger partial charge in [0.1, 0.15) is 0 Å². The number of halogens is 1. The van der Waals surface area contributed by atoms with Gasteiger partial charge in [-0.05, 0) is 5.56 Å². The van der Waals surface area contributed by atoms with Crippen molar-refractivity contribution >= 4 is 17.4 Å². The molecule has 104 valence electrons. The number of ketones is 1. The van der Waals surface area contributed by atoms with Crippen LogP contribution < -0.4 is 0 Å². The van der Waals surface area contributed by atoms with E-state index in [1.165, 1.54) is 0 Å². The Bertz CT molecular complexity index is 554. The molecule has 0 aromatic heterocycles. The van der Waals surface area contributed by atoms with E-state index in [0.717, 1.165) is 5.56 Å². The molecule has 20 heavy (non-hydrogen) atoms. The zero-order valence-electron chi connectivity index (χ0n) is 11.2. The van der Waals surface area contributed by atoms with Gasteiger partial charge in [-0.2, -0.15) is 0 Å². The minimum atomic E-state index is -0.924. The predicted octanol–water partition coefficient (Wildman–Crippen LogP) is 3.85. The molecule has 0 saturated heterocycles. The van der Waals surface area contributed by atoms with E-state index in [2.05, 4.69) is 0 Å². The van der Waals surface area contributed by atoms with E-state index in [0.29, 0.717) is 5.56 Å². The summed E-state index contributed by atoms with van der Waals surface area (Å²) in [5, 5.41) is 9.72. The topological polar surface area (TPSA) is 37.3 Å². The van der Waals surface area contributed by atoms with Gasteiger partial charge in [-0.3, -0.25) is 4.79 Å². The molecule has 0 fully saturated rings. The smallest absolute Gasteiger partial charge is 0.168 e. The van der Waals surface area contributed by atoms with Gasteiger partial charge in [-0.25, -0.2) is 0 Å². The first kappa shape index (κ1) is 14.8. The summed E-state index contributed by atoms with van der Waals surface area (Å²) in [6, 6.07) is 18.3. The second kappa shape index (κ2) is 6.69. The number of aliphatic hydroxyl groups is 1. The van der Waals surface area contributed by atoms with Crippen molar-refractivity contribution in [2.45, 2.75) is 18.4 Å². The van der Waals surface area contributed by atoms with Crippen molar-refractivity contribution in [2.24, 2.45) is 5.92 Å². The zero-order valence-corrected chi connectivity index (χ0v) is 12.0. The van der Waals surface area contributed by atoms with E-state index < -0.39 is 17.4 Å². The summed E-state index contributed by atoms with van der Waals surface area (Å²) in [7, 11) is 0. The van der Waals surface area contributed by atoms with E-state index in [1.54, 1.807) is 19.1 Å². The van der Waals surface area contributed by atoms with E-state index in [-0.39, 0.29) is 5.78 Å². The highest BCUT2D eigenvalue weighted by atomic mass is 35.5. The van der Waals surface area contributed by atoms with Crippen molar-refractivity contribution < 1.29 is 9.90 Å². The molecule has 3 unspecified atom stereocenters. The maximum Gasteiger partial charge on any atom is 0.168 e. The fourth-order valence-corrected chi connectivity index (χ4v) is 2.47. The summed E-state index contributed by atoms with van der Waals surface area (Å²) in [6.45, 7) is 1.71. The van der Waals surface area contributed by atoms with Crippen molar-refractivity contribution in [2.75, 3.05) is 0 Å².